The Balaban J connectivity index is 2.36. The van der Waals surface area contributed by atoms with E-state index in [9.17, 15) is 4.39 Å². The maximum Gasteiger partial charge on any atom is 0.195 e. The molecule has 0 spiro atoms. The Labute approximate surface area is 110 Å². The molecule has 0 aliphatic rings. The van der Waals surface area contributed by atoms with Crippen LogP contribution in [0.25, 0.3) is 0 Å². The zero-order chi connectivity index (χ0) is 13.1. The minimum Gasteiger partial charge on any atom is -0.316 e. The van der Waals surface area contributed by atoms with Gasteiger partial charge in [0.05, 0.1) is 4.90 Å². The summed E-state index contributed by atoms with van der Waals surface area (Å²) in [6.07, 6.45) is 0. The van der Waals surface area contributed by atoms with Gasteiger partial charge in [-0.25, -0.2) is 4.39 Å². The van der Waals surface area contributed by atoms with Crippen molar-refractivity contribution in [2.75, 3.05) is 7.05 Å². The van der Waals surface area contributed by atoms with Crippen LogP contribution in [0, 0.1) is 12.7 Å². The van der Waals surface area contributed by atoms with Crippen LogP contribution in [-0.2, 0) is 13.6 Å². The number of benzene rings is 1. The summed E-state index contributed by atoms with van der Waals surface area (Å²) in [7, 11) is 3.71. The summed E-state index contributed by atoms with van der Waals surface area (Å²) in [5.41, 5.74) is 0.920. The van der Waals surface area contributed by atoms with E-state index in [1.807, 2.05) is 31.7 Å². The number of hydrogen-bond donors (Lipinski definition) is 1. The summed E-state index contributed by atoms with van der Waals surface area (Å²) in [6.45, 7) is 2.49. The monoisotopic (exact) mass is 266 g/mol. The smallest absolute Gasteiger partial charge is 0.195 e. The summed E-state index contributed by atoms with van der Waals surface area (Å²) < 4.78 is 15.7. The molecule has 0 atom stereocenters. The molecule has 1 N–H and O–H groups in total. The van der Waals surface area contributed by atoms with Gasteiger partial charge < -0.3 is 9.88 Å². The van der Waals surface area contributed by atoms with Gasteiger partial charge in [-0.2, -0.15) is 0 Å². The fourth-order valence-electron chi connectivity index (χ4n) is 1.57. The molecule has 1 aromatic heterocycles. The van der Waals surface area contributed by atoms with Crippen molar-refractivity contribution in [3.8, 4) is 0 Å². The molecule has 6 heteroatoms. The van der Waals surface area contributed by atoms with Gasteiger partial charge in [0, 0.05) is 13.6 Å². The highest BCUT2D eigenvalue weighted by atomic mass is 32.2. The summed E-state index contributed by atoms with van der Waals surface area (Å²) >= 11 is 1.30. The molecule has 0 unspecified atom stereocenters. The fraction of sp³-hybridized carbons (Fsp3) is 0.333. The van der Waals surface area contributed by atoms with Crippen LogP contribution in [0.4, 0.5) is 4.39 Å². The average molecular weight is 266 g/mol. The van der Waals surface area contributed by atoms with Crippen molar-refractivity contribution in [2.45, 2.75) is 23.5 Å². The molecule has 2 aromatic rings. The summed E-state index contributed by atoms with van der Waals surface area (Å²) in [4.78, 5) is 0.599. The number of nitrogens with zero attached hydrogens (tertiary/aromatic N) is 3. The predicted molar refractivity (Wildman–Crippen MR) is 69.0 cm³/mol. The third-order valence-corrected chi connectivity index (χ3v) is 3.86. The number of aromatic nitrogens is 3. The molecule has 1 heterocycles. The third-order valence-electron chi connectivity index (χ3n) is 2.66. The SMILES string of the molecule is CNCc1cccc(F)c1Sc1nnc(C)n1C. The molecular formula is C12H15FN4S. The molecule has 0 amide bonds. The highest BCUT2D eigenvalue weighted by Gasteiger charge is 2.13. The standard InChI is InChI=1S/C12H15FN4S/c1-8-15-16-12(17(8)3)18-11-9(7-14-2)5-4-6-10(11)13/h4-6,14H,7H2,1-3H3. The van der Waals surface area contributed by atoms with Crippen molar-refractivity contribution < 1.29 is 4.39 Å². The largest absolute Gasteiger partial charge is 0.316 e. The predicted octanol–water partition coefficient (Wildman–Crippen LogP) is 2.13. The first-order valence-corrected chi connectivity index (χ1v) is 6.41. The molecule has 0 fully saturated rings. The zero-order valence-corrected chi connectivity index (χ0v) is 11.4. The molecule has 96 valence electrons. The van der Waals surface area contributed by atoms with Crippen LogP contribution in [0.15, 0.2) is 28.3 Å². The lowest BCUT2D eigenvalue weighted by molar-refractivity contribution is 0.593. The first kappa shape index (κ1) is 13.0. The van der Waals surface area contributed by atoms with Crippen LogP contribution in [0.2, 0.25) is 0 Å². The molecular weight excluding hydrogens is 251 g/mol. The highest BCUT2D eigenvalue weighted by molar-refractivity contribution is 7.99. The minimum absolute atomic E-state index is 0.228. The lowest BCUT2D eigenvalue weighted by atomic mass is 10.2. The molecule has 18 heavy (non-hydrogen) atoms. The van der Waals surface area contributed by atoms with Crippen molar-refractivity contribution in [3.05, 3.63) is 35.4 Å². The van der Waals surface area contributed by atoms with E-state index in [0.29, 0.717) is 16.6 Å². The summed E-state index contributed by atoms with van der Waals surface area (Å²) in [6, 6.07) is 5.09. The molecule has 0 saturated heterocycles. The number of hydrogen-bond acceptors (Lipinski definition) is 4. The first-order chi connectivity index (χ1) is 8.63. The van der Waals surface area contributed by atoms with Gasteiger partial charge in [0.2, 0.25) is 0 Å². The molecule has 0 aliphatic carbocycles. The van der Waals surface area contributed by atoms with E-state index in [1.165, 1.54) is 17.8 Å². The second kappa shape index (κ2) is 5.49. The van der Waals surface area contributed by atoms with Crippen molar-refractivity contribution >= 4 is 11.8 Å². The van der Waals surface area contributed by atoms with E-state index in [2.05, 4.69) is 15.5 Å². The Morgan fingerprint density at radius 1 is 1.39 bits per heavy atom. The second-order valence-corrected chi connectivity index (χ2v) is 4.93. The van der Waals surface area contributed by atoms with Crippen LogP contribution in [-0.4, -0.2) is 21.8 Å². The maximum atomic E-state index is 13.9. The van der Waals surface area contributed by atoms with E-state index < -0.39 is 0 Å². The molecule has 0 radical (unpaired) electrons. The van der Waals surface area contributed by atoms with Crippen LogP contribution >= 0.6 is 11.8 Å². The van der Waals surface area contributed by atoms with Crippen molar-refractivity contribution in [1.29, 1.82) is 0 Å². The maximum absolute atomic E-state index is 13.9. The van der Waals surface area contributed by atoms with Gasteiger partial charge in [0.25, 0.3) is 0 Å². The van der Waals surface area contributed by atoms with Gasteiger partial charge in [-0.15, -0.1) is 10.2 Å². The topological polar surface area (TPSA) is 42.7 Å². The molecule has 0 bridgehead atoms. The molecule has 0 aliphatic heterocycles. The Kier molecular flexibility index (Phi) is 3.98. The molecule has 4 nitrogen and oxygen atoms in total. The van der Waals surface area contributed by atoms with E-state index >= 15 is 0 Å². The van der Waals surface area contributed by atoms with E-state index in [4.69, 9.17) is 0 Å². The van der Waals surface area contributed by atoms with Gasteiger partial charge in [0.15, 0.2) is 5.16 Å². The third kappa shape index (κ3) is 2.54. The van der Waals surface area contributed by atoms with Crippen molar-refractivity contribution in [3.63, 3.8) is 0 Å². The average Bonchev–Trinajstić information content (AvgIpc) is 2.65. The fourth-order valence-corrected chi connectivity index (χ4v) is 2.54. The van der Waals surface area contributed by atoms with Crippen molar-refractivity contribution in [2.24, 2.45) is 7.05 Å². The Morgan fingerprint density at radius 3 is 2.78 bits per heavy atom. The number of aryl methyl sites for hydroxylation is 1. The Hall–Kier alpha value is -1.40. The van der Waals surface area contributed by atoms with Gasteiger partial charge >= 0.3 is 0 Å². The van der Waals surface area contributed by atoms with E-state index in [-0.39, 0.29) is 5.82 Å². The van der Waals surface area contributed by atoms with Crippen LogP contribution < -0.4 is 5.32 Å². The van der Waals surface area contributed by atoms with Gasteiger partial charge in [-0.1, -0.05) is 12.1 Å². The number of nitrogens with one attached hydrogen (secondary N) is 1. The number of halogens is 1. The lowest BCUT2D eigenvalue weighted by Crippen LogP contribution is -2.07. The zero-order valence-electron chi connectivity index (χ0n) is 10.6. The second-order valence-electron chi connectivity index (χ2n) is 3.95. The minimum atomic E-state index is -0.228. The molecule has 1 aromatic carbocycles. The number of rotatable bonds is 4. The van der Waals surface area contributed by atoms with E-state index in [0.717, 1.165) is 11.4 Å². The van der Waals surface area contributed by atoms with Gasteiger partial charge in [-0.05, 0) is 37.4 Å². The quantitative estimate of drug-likeness (QED) is 0.920. The Bertz CT molecular complexity index is 553. The van der Waals surface area contributed by atoms with Crippen LogP contribution in [0.3, 0.4) is 0 Å². The normalized spacial score (nSPS) is 10.9. The lowest BCUT2D eigenvalue weighted by Gasteiger charge is -2.09. The molecule has 2 rings (SSSR count). The summed E-state index contributed by atoms with van der Waals surface area (Å²) in [5, 5.41) is 11.7. The van der Waals surface area contributed by atoms with Gasteiger partial charge in [-0.3, -0.25) is 0 Å². The van der Waals surface area contributed by atoms with Crippen LogP contribution in [0.1, 0.15) is 11.4 Å². The van der Waals surface area contributed by atoms with Crippen molar-refractivity contribution in [1.82, 2.24) is 20.1 Å². The summed E-state index contributed by atoms with van der Waals surface area (Å²) in [5.74, 6) is 0.581. The first-order valence-electron chi connectivity index (χ1n) is 5.59. The van der Waals surface area contributed by atoms with Crippen LogP contribution in [0.5, 0.6) is 0 Å². The van der Waals surface area contributed by atoms with Gasteiger partial charge in [0.1, 0.15) is 11.6 Å². The highest BCUT2D eigenvalue weighted by Crippen LogP contribution is 2.31. The molecule has 0 saturated carbocycles. The van der Waals surface area contributed by atoms with E-state index in [1.54, 1.807) is 6.07 Å². The Morgan fingerprint density at radius 2 is 2.17 bits per heavy atom.